The summed E-state index contributed by atoms with van der Waals surface area (Å²) in [5, 5.41) is 6.31. The maximum atomic E-state index is 12.4. The first-order valence-electron chi connectivity index (χ1n) is 7.50. The van der Waals surface area contributed by atoms with Crippen molar-refractivity contribution in [3.8, 4) is 0 Å². The lowest BCUT2D eigenvalue weighted by Crippen LogP contribution is -2.44. The van der Waals surface area contributed by atoms with Crippen LogP contribution in [0.3, 0.4) is 0 Å². The Hall–Kier alpha value is -2.45. The average molecular weight is 321 g/mol. The quantitative estimate of drug-likeness (QED) is 0.786. The Morgan fingerprint density at radius 1 is 1.43 bits per heavy atom. The lowest BCUT2D eigenvalue weighted by Gasteiger charge is -2.20. The number of rotatable bonds is 3. The minimum absolute atomic E-state index is 0.000280. The number of nitrogens with zero attached hydrogens (tertiary/aromatic N) is 4. The van der Waals surface area contributed by atoms with E-state index in [4.69, 9.17) is 4.52 Å². The zero-order valence-electron chi connectivity index (χ0n) is 13.3. The SMILES string of the molecule is Cc1noc([C@H]2CCN(C(=O)CN3C(=O)NC(C)(C)C3=O)C2)n1. The molecule has 1 aromatic heterocycles. The van der Waals surface area contributed by atoms with Crippen LogP contribution in [0, 0.1) is 6.92 Å². The van der Waals surface area contributed by atoms with Gasteiger partial charge in [-0.25, -0.2) is 4.79 Å². The van der Waals surface area contributed by atoms with Gasteiger partial charge in [-0.3, -0.25) is 14.5 Å². The molecule has 1 aromatic rings. The Balaban J connectivity index is 1.62. The zero-order valence-corrected chi connectivity index (χ0v) is 13.3. The standard InChI is InChI=1S/C14H19N5O4/c1-8-15-11(23-17-8)9-4-5-18(6-9)10(20)7-19-12(21)14(2,3)16-13(19)22/h9H,4-7H2,1-3H3,(H,16,22)/t9-/m0/s1. The van der Waals surface area contributed by atoms with Gasteiger partial charge in [-0.1, -0.05) is 5.16 Å². The molecule has 124 valence electrons. The van der Waals surface area contributed by atoms with Crippen LogP contribution < -0.4 is 5.32 Å². The molecular weight excluding hydrogens is 302 g/mol. The Kier molecular flexibility index (Phi) is 3.57. The number of carbonyl (C=O) groups excluding carboxylic acids is 3. The molecule has 0 radical (unpaired) electrons. The lowest BCUT2D eigenvalue weighted by atomic mass is 10.1. The number of aryl methyl sites for hydroxylation is 1. The van der Waals surface area contributed by atoms with Crippen LogP contribution in [-0.4, -0.2) is 63.0 Å². The predicted octanol–water partition coefficient (Wildman–Crippen LogP) is 0.0243. The molecule has 0 spiro atoms. The first-order valence-corrected chi connectivity index (χ1v) is 7.50. The van der Waals surface area contributed by atoms with Crippen molar-refractivity contribution in [2.45, 2.75) is 38.6 Å². The summed E-state index contributed by atoms with van der Waals surface area (Å²) in [4.78, 5) is 43.1. The van der Waals surface area contributed by atoms with Gasteiger partial charge < -0.3 is 14.7 Å². The summed E-state index contributed by atoms with van der Waals surface area (Å²) in [5.74, 6) is 0.434. The van der Waals surface area contributed by atoms with Crippen LogP contribution in [0.2, 0.25) is 0 Å². The number of urea groups is 1. The van der Waals surface area contributed by atoms with Gasteiger partial charge in [0.1, 0.15) is 12.1 Å². The van der Waals surface area contributed by atoms with E-state index in [1.54, 1.807) is 25.7 Å². The molecule has 0 aliphatic carbocycles. The van der Waals surface area contributed by atoms with Gasteiger partial charge in [0.2, 0.25) is 11.8 Å². The van der Waals surface area contributed by atoms with Crippen LogP contribution in [0.1, 0.15) is 37.9 Å². The summed E-state index contributed by atoms with van der Waals surface area (Å²) in [6.45, 7) is 5.71. The largest absolute Gasteiger partial charge is 0.340 e. The van der Waals surface area contributed by atoms with Gasteiger partial charge in [-0.05, 0) is 27.2 Å². The highest BCUT2D eigenvalue weighted by Gasteiger charge is 2.45. The molecule has 1 N–H and O–H groups in total. The van der Waals surface area contributed by atoms with E-state index in [1.807, 2.05) is 0 Å². The average Bonchev–Trinajstić information content (AvgIpc) is 3.14. The number of likely N-dealkylation sites (tertiary alicyclic amines) is 1. The van der Waals surface area contributed by atoms with Crippen molar-refractivity contribution >= 4 is 17.8 Å². The molecule has 2 saturated heterocycles. The number of amides is 4. The number of hydrogen-bond donors (Lipinski definition) is 1. The molecule has 3 rings (SSSR count). The number of hydrogen-bond acceptors (Lipinski definition) is 6. The van der Waals surface area contributed by atoms with Crippen molar-refractivity contribution in [1.29, 1.82) is 0 Å². The van der Waals surface area contributed by atoms with Crippen LogP contribution in [-0.2, 0) is 9.59 Å². The summed E-state index contributed by atoms with van der Waals surface area (Å²) in [5.41, 5.74) is -0.966. The second kappa shape index (κ2) is 5.32. The zero-order chi connectivity index (χ0) is 16.8. The van der Waals surface area contributed by atoms with E-state index in [0.29, 0.717) is 24.8 Å². The summed E-state index contributed by atoms with van der Waals surface area (Å²) in [6.07, 6.45) is 0.721. The highest BCUT2D eigenvalue weighted by Crippen LogP contribution is 2.26. The van der Waals surface area contributed by atoms with Gasteiger partial charge in [0, 0.05) is 13.1 Å². The third-order valence-electron chi connectivity index (χ3n) is 4.17. The normalized spacial score (nSPS) is 23.5. The summed E-state index contributed by atoms with van der Waals surface area (Å²) < 4.78 is 5.14. The molecule has 23 heavy (non-hydrogen) atoms. The minimum Gasteiger partial charge on any atom is -0.340 e. The van der Waals surface area contributed by atoms with Crippen molar-refractivity contribution in [2.24, 2.45) is 0 Å². The fourth-order valence-corrected chi connectivity index (χ4v) is 2.86. The fourth-order valence-electron chi connectivity index (χ4n) is 2.86. The smallest absolute Gasteiger partial charge is 0.325 e. The number of carbonyl (C=O) groups is 3. The number of aromatic nitrogens is 2. The Morgan fingerprint density at radius 2 is 2.17 bits per heavy atom. The molecule has 2 fully saturated rings. The topological polar surface area (TPSA) is 109 Å². The first-order chi connectivity index (χ1) is 10.8. The van der Waals surface area contributed by atoms with Gasteiger partial charge in [0.25, 0.3) is 5.91 Å². The Morgan fingerprint density at radius 3 is 2.74 bits per heavy atom. The van der Waals surface area contributed by atoms with E-state index in [0.717, 1.165) is 11.3 Å². The van der Waals surface area contributed by atoms with E-state index in [-0.39, 0.29) is 24.3 Å². The van der Waals surface area contributed by atoms with Gasteiger partial charge in [0.15, 0.2) is 5.82 Å². The van der Waals surface area contributed by atoms with Crippen molar-refractivity contribution < 1.29 is 18.9 Å². The third-order valence-corrected chi connectivity index (χ3v) is 4.17. The highest BCUT2D eigenvalue weighted by atomic mass is 16.5. The van der Waals surface area contributed by atoms with Crippen molar-refractivity contribution in [3.63, 3.8) is 0 Å². The van der Waals surface area contributed by atoms with Crippen molar-refractivity contribution in [2.75, 3.05) is 19.6 Å². The monoisotopic (exact) mass is 321 g/mol. The molecule has 1 atom stereocenters. The number of nitrogens with one attached hydrogen (secondary N) is 1. The van der Waals surface area contributed by atoms with Crippen LogP contribution in [0.4, 0.5) is 4.79 Å². The molecule has 0 unspecified atom stereocenters. The highest BCUT2D eigenvalue weighted by molar-refractivity contribution is 6.08. The van der Waals surface area contributed by atoms with E-state index in [2.05, 4.69) is 15.5 Å². The molecular formula is C14H19N5O4. The molecule has 2 aliphatic rings. The van der Waals surface area contributed by atoms with E-state index in [9.17, 15) is 14.4 Å². The van der Waals surface area contributed by atoms with Crippen LogP contribution in [0.15, 0.2) is 4.52 Å². The Bertz CT molecular complexity index is 668. The number of imide groups is 1. The van der Waals surface area contributed by atoms with Crippen molar-refractivity contribution in [1.82, 2.24) is 25.3 Å². The minimum atomic E-state index is -0.966. The molecule has 9 heteroatoms. The maximum absolute atomic E-state index is 12.4. The second-order valence-electron chi connectivity index (χ2n) is 6.45. The van der Waals surface area contributed by atoms with E-state index >= 15 is 0 Å². The molecule has 3 heterocycles. The van der Waals surface area contributed by atoms with Gasteiger partial charge >= 0.3 is 6.03 Å². The molecule has 0 aromatic carbocycles. The Labute approximate surface area is 133 Å². The van der Waals surface area contributed by atoms with E-state index in [1.165, 1.54) is 0 Å². The van der Waals surface area contributed by atoms with Crippen LogP contribution in [0.5, 0.6) is 0 Å². The summed E-state index contributed by atoms with van der Waals surface area (Å²) >= 11 is 0. The van der Waals surface area contributed by atoms with Gasteiger partial charge in [-0.2, -0.15) is 4.98 Å². The molecule has 2 aliphatic heterocycles. The first kappa shape index (κ1) is 15.4. The van der Waals surface area contributed by atoms with Gasteiger partial charge in [0.05, 0.1) is 5.92 Å². The third kappa shape index (κ3) is 2.78. The molecule has 0 saturated carbocycles. The molecule has 9 nitrogen and oxygen atoms in total. The second-order valence-corrected chi connectivity index (χ2v) is 6.45. The lowest BCUT2D eigenvalue weighted by molar-refractivity contribution is -0.137. The predicted molar refractivity (Wildman–Crippen MR) is 77.3 cm³/mol. The van der Waals surface area contributed by atoms with Crippen LogP contribution in [0.25, 0.3) is 0 Å². The summed E-state index contributed by atoms with van der Waals surface area (Å²) in [6, 6.07) is -0.531. The maximum Gasteiger partial charge on any atom is 0.325 e. The molecule has 0 bridgehead atoms. The molecule has 4 amide bonds. The fraction of sp³-hybridized carbons (Fsp3) is 0.643. The van der Waals surface area contributed by atoms with Gasteiger partial charge in [-0.15, -0.1) is 0 Å². The van der Waals surface area contributed by atoms with E-state index < -0.39 is 11.6 Å². The summed E-state index contributed by atoms with van der Waals surface area (Å²) in [7, 11) is 0. The van der Waals surface area contributed by atoms with Crippen LogP contribution >= 0.6 is 0 Å². The van der Waals surface area contributed by atoms with Crippen molar-refractivity contribution in [3.05, 3.63) is 11.7 Å².